The van der Waals surface area contributed by atoms with Gasteiger partial charge in [0.05, 0.1) is 11.1 Å². The molecule has 4 heteroatoms. The second-order valence-corrected chi connectivity index (χ2v) is 4.27. The number of rotatable bonds is 4. The number of aliphatic hydroxyl groups is 1. The van der Waals surface area contributed by atoms with Crippen LogP contribution in [-0.2, 0) is 0 Å². The van der Waals surface area contributed by atoms with Crippen molar-refractivity contribution in [1.29, 1.82) is 0 Å². The molecule has 0 aliphatic carbocycles. The zero-order valence-electron chi connectivity index (χ0n) is 9.21. The quantitative estimate of drug-likeness (QED) is 0.894. The van der Waals surface area contributed by atoms with Gasteiger partial charge in [0, 0.05) is 11.1 Å². The Hall–Kier alpha value is -0.700. The molecule has 1 atom stereocenters. The number of halogens is 2. The maximum atomic E-state index is 9.56. The highest BCUT2D eigenvalue weighted by molar-refractivity contribution is 6.36. The van der Waals surface area contributed by atoms with Gasteiger partial charge < -0.3 is 9.84 Å². The molecule has 0 bridgehead atoms. The second kappa shape index (κ2) is 6.14. The molecule has 0 spiro atoms. The molecular formula is C12H14Cl2O2. The molecule has 0 radical (unpaired) electrons. The highest BCUT2D eigenvalue weighted by Gasteiger charge is 2.09. The Bertz CT molecular complexity index is 387. The minimum absolute atomic E-state index is 0.203. The van der Waals surface area contributed by atoms with E-state index in [4.69, 9.17) is 27.9 Å². The molecule has 16 heavy (non-hydrogen) atoms. The molecule has 0 fully saturated rings. The summed E-state index contributed by atoms with van der Waals surface area (Å²) in [5.74, 6) is 0.631. The minimum atomic E-state index is -0.575. The SMILES string of the molecule is Cc1ccc([C@@H](C)O)c(OCC(Cl)=CCl)c1. The van der Waals surface area contributed by atoms with Gasteiger partial charge >= 0.3 is 0 Å². The van der Waals surface area contributed by atoms with Crippen molar-refractivity contribution in [3.63, 3.8) is 0 Å². The van der Waals surface area contributed by atoms with Crippen LogP contribution in [-0.4, -0.2) is 11.7 Å². The lowest BCUT2D eigenvalue weighted by molar-refractivity contribution is 0.193. The number of aryl methyl sites for hydroxylation is 1. The summed E-state index contributed by atoms with van der Waals surface area (Å²) >= 11 is 11.2. The molecule has 0 aliphatic rings. The molecular weight excluding hydrogens is 247 g/mol. The molecule has 0 amide bonds. The molecule has 2 nitrogen and oxygen atoms in total. The van der Waals surface area contributed by atoms with Crippen LogP contribution in [0.2, 0.25) is 0 Å². The van der Waals surface area contributed by atoms with Gasteiger partial charge in [-0.15, -0.1) is 0 Å². The molecule has 88 valence electrons. The highest BCUT2D eigenvalue weighted by atomic mass is 35.5. The van der Waals surface area contributed by atoms with E-state index in [0.717, 1.165) is 11.1 Å². The van der Waals surface area contributed by atoms with Crippen LogP contribution in [0.4, 0.5) is 0 Å². The van der Waals surface area contributed by atoms with Crippen LogP contribution in [0.1, 0.15) is 24.2 Å². The van der Waals surface area contributed by atoms with Gasteiger partial charge in [0.25, 0.3) is 0 Å². The Morgan fingerprint density at radius 1 is 1.56 bits per heavy atom. The van der Waals surface area contributed by atoms with Gasteiger partial charge in [-0.2, -0.15) is 0 Å². The van der Waals surface area contributed by atoms with E-state index in [0.29, 0.717) is 10.8 Å². The number of ether oxygens (including phenoxy) is 1. The fourth-order valence-electron chi connectivity index (χ4n) is 1.29. The minimum Gasteiger partial charge on any atom is -0.488 e. The summed E-state index contributed by atoms with van der Waals surface area (Å²) < 4.78 is 5.49. The lowest BCUT2D eigenvalue weighted by atomic mass is 10.1. The van der Waals surface area contributed by atoms with Gasteiger partial charge in [0.1, 0.15) is 12.4 Å². The van der Waals surface area contributed by atoms with Crippen molar-refractivity contribution in [2.75, 3.05) is 6.61 Å². The zero-order valence-corrected chi connectivity index (χ0v) is 10.7. The van der Waals surface area contributed by atoms with Crippen molar-refractivity contribution in [3.05, 3.63) is 39.9 Å². The van der Waals surface area contributed by atoms with E-state index in [1.54, 1.807) is 6.92 Å². The molecule has 0 unspecified atom stereocenters. The first-order valence-electron chi connectivity index (χ1n) is 4.90. The topological polar surface area (TPSA) is 29.5 Å². The number of hydrogen-bond donors (Lipinski definition) is 1. The first kappa shape index (κ1) is 13.4. The van der Waals surface area contributed by atoms with Crippen LogP contribution in [0.5, 0.6) is 5.75 Å². The average molecular weight is 261 g/mol. The van der Waals surface area contributed by atoms with Crippen LogP contribution in [0.25, 0.3) is 0 Å². The van der Waals surface area contributed by atoms with Gasteiger partial charge in [-0.3, -0.25) is 0 Å². The third-order valence-electron chi connectivity index (χ3n) is 2.10. The first-order valence-corrected chi connectivity index (χ1v) is 5.72. The molecule has 0 heterocycles. The van der Waals surface area contributed by atoms with Crippen molar-refractivity contribution < 1.29 is 9.84 Å². The van der Waals surface area contributed by atoms with E-state index < -0.39 is 6.10 Å². The summed E-state index contributed by atoms with van der Waals surface area (Å²) in [5.41, 5.74) is 3.06. The van der Waals surface area contributed by atoms with Gasteiger partial charge in [-0.1, -0.05) is 35.3 Å². The van der Waals surface area contributed by atoms with Crippen LogP contribution in [0.3, 0.4) is 0 Å². The Balaban J connectivity index is 2.88. The van der Waals surface area contributed by atoms with E-state index in [2.05, 4.69) is 0 Å². The van der Waals surface area contributed by atoms with Crippen LogP contribution < -0.4 is 4.74 Å². The van der Waals surface area contributed by atoms with Crippen LogP contribution >= 0.6 is 23.2 Å². The lowest BCUT2D eigenvalue weighted by Gasteiger charge is -2.13. The van der Waals surface area contributed by atoms with Gasteiger partial charge in [-0.25, -0.2) is 0 Å². The van der Waals surface area contributed by atoms with E-state index in [9.17, 15) is 5.11 Å². The second-order valence-electron chi connectivity index (χ2n) is 3.56. The Morgan fingerprint density at radius 2 is 2.25 bits per heavy atom. The van der Waals surface area contributed by atoms with E-state index in [-0.39, 0.29) is 6.61 Å². The Kier molecular flexibility index (Phi) is 5.13. The molecule has 0 saturated carbocycles. The lowest BCUT2D eigenvalue weighted by Crippen LogP contribution is -2.02. The Labute approximate surface area is 105 Å². The van der Waals surface area contributed by atoms with Gasteiger partial charge in [-0.05, 0) is 25.5 Å². The first-order chi connectivity index (χ1) is 7.54. The predicted octanol–water partition coefficient (Wildman–Crippen LogP) is 3.75. The molecule has 0 aliphatic heterocycles. The number of hydrogen-bond acceptors (Lipinski definition) is 2. The van der Waals surface area contributed by atoms with Crippen molar-refractivity contribution in [2.24, 2.45) is 0 Å². The largest absolute Gasteiger partial charge is 0.488 e. The Morgan fingerprint density at radius 3 is 2.81 bits per heavy atom. The van der Waals surface area contributed by atoms with Gasteiger partial charge in [0.15, 0.2) is 0 Å². The summed E-state index contributed by atoms with van der Waals surface area (Å²) in [7, 11) is 0. The zero-order chi connectivity index (χ0) is 12.1. The third-order valence-corrected chi connectivity index (χ3v) is 2.70. The molecule has 1 rings (SSSR count). The standard InChI is InChI=1S/C12H14Cl2O2/c1-8-3-4-11(9(2)15)12(5-8)16-7-10(14)6-13/h3-6,9,15H,7H2,1-2H3/t9-/m1/s1. The summed E-state index contributed by atoms with van der Waals surface area (Å²) in [5, 5.41) is 9.98. The van der Waals surface area contributed by atoms with Crippen molar-refractivity contribution >= 4 is 23.2 Å². The molecule has 1 N–H and O–H groups in total. The molecule has 1 aromatic rings. The molecule has 1 aromatic carbocycles. The predicted molar refractivity (Wildman–Crippen MR) is 67.1 cm³/mol. The maximum Gasteiger partial charge on any atom is 0.125 e. The molecule has 0 aromatic heterocycles. The maximum absolute atomic E-state index is 9.56. The van der Waals surface area contributed by atoms with Crippen molar-refractivity contribution in [1.82, 2.24) is 0 Å². The number of benzene rings is 1. The van der Waals surface area contributed by atoms with Crippen molar-refractivity contribution in [3.8, 4) is 5.75 Å². The monoisotopic (exact) mass is 260 g/mol. The fourth-order valence-corrected chi connectivity index (χ4v) is 1.41. The molecule has 0 saturated heterocycles. The van der Waals surface area contributed by atoms with Crippen LogP contribution in [0, 0.1) is 6.92 Å². The van der Waals surface area contributed by atoms with E-state index >= 15 is 0 Å². The number of aliphatic hydroxyl groups excluding tert-OH is 1. The highest BCUT2D eigenvalue weighted by Crippen LogP contribution is 2.26. The van der Waals surface area contributed by atoms with E-state index in [1.165, 1.54) is 5.54 Å². The van der Waals surface area contributed by atoms with E-state index in [1.807, 2.05) is 25.1 Å². The fraction of sp³-hybridized carbons (Fsp3) is 0.333. The summed E-state index contributed by atoms with van der Waals surface area (Å²) in [6.07, 6.45) is -0.575. The summed E-state index contributed by atoms with van der Waals surface area (Å²) in [6.45, 7) is 3.85. The van der Waals surface area contributed by atoms with Gasteiger partial charge in [0.2, 0.25) is 0 Å². The normalized spacial score (nSPS) is 13.7. The summed E-state index contributed by atoms with van der Waals surface area (Å²) in [6, 6.07) is 5.63. The average Bonchev–Trinajstić information content (AvgIpc) is 2.25. The smallest absolute Gasteiger partial charge is 0.125 e. The van der Waals surface area contributed by atoms with Crippen molar-refractivity contribution in [2.45, 2.75) is 20.0 Å². The summed E-state index contributed by atoms with van der Waals surface area (Å²) in [4.78, 5) is 0. The third kappa shape index (κ3) is 3.71. The van der Waals surface area contributed by atoms with Crippen LogP contribution in [0.15, 0.2) is 28.8 Å².